The zero-order valence-corrected chi connectivity index (χ0v) is 63.1. The number of ether oxygens (including phenoxy) is 16. The van der Waals surface area contributed by atoms with Crippen LogP contribution in [0.15, 0.2) is 0 Å². The molecule has 678 valence electrons. The number of carbonyl (C=O) groups excluding carboxylic acids is 4. The fourth-order valence-corrected chi connectivity index (χ4v) is 14.5. The Morgan fingerprint density at radius 3 is 1.35 bits per heavy atom. The van der Waals surface area contributed by atoms with Crippen LogP contribution < -0.4 is 21.3 Å². The Labute approximate surface area is 662 Å². The molecule has 0 radical (unpaired) electrons. The molecule has 8 saturated heterocycles. The molecule has 8 aliphatic heterocycles. The number of nitrogens with one attached hydrogen (secondary N) is 4. The number of carboxylic acids is 1. The molecule has 31 N–H and O–H groups in total. The van der Waals surface area contributed by atoms with E-state index < -0.39 is 371 Å². The van der Waals surface area contributed by atoms with Gasteiger partial charge in [0.25, 0.3) is 5.79 Å². The molecule has 45 atom stereocenters. The highest BCUT2D eigenvalue weighted by molar-refractivity contribution is 5.77. The minimum absolute atomic E-state index is 0.833. The first-order valence-electron chi connectivity index (χ1n) is 37.0. The number of carboxylic acid groups (broad SMARTS) is 1. The van der Waals surface area contributed by atoms with Crippen LogP contribution in [0.2, 0.25) is 0 Å². The second-order valence-corrected chi connectivity index (χ2v) is 29.4. The molecule has 8 aliphatic rings. The molecule has 0 aromatic rings. The molecule has 117 heavy (non-hydrogen) atoms. The third kappa shape index (κ3) is 22.6. The monoisotopic (exact) mass is 1710 g/mol. The Morgan fingerprint density at radius 1 is 0.410 bits per heavy atom. The second kappa shape index (κ2) is 42.8. The number of aliphatic hydroxyl groups is 26. The van der Waals surface area contributed by atoms with Gasteiger partial charge in [-0.2, -0.15) is 0 Å². The molecular formula is C65H110N4O48. The number of aliphatic carboxylic acids is 1. The van der Waals surface area contributed by atoms with Crippen molar-refractivity contribution in [2.45, 2.75) is 316 Å². The van der Waals surface area contributed by atoms with Crippen molar-refractivity contribution in [2.24, 2.45) is 0 Å². The van der Waals surface area contributed by atoms with E-state index in [0.717, 1.165) is 27.7 Å². The summed E-state index contributed by atoms with van der Waals surface area (Å²) in [6.07, 6.45) is -85.8. The highest BCUT2D eigenvalue weighted by atomic mass is 16.8. The summed E-state index contributed by atoms with van der Waals surface area (Å²) in [5.74, 6) is -8.78. The molecular weight excluding hydrogens is 1600 g/mol. The summed E-state index contributed by atoms with van der Waals surface area (Å²) < 4.78 is 93.2. The van der Waals surface area contributed by atoms with Crippen LogP contribution in [0, 0.1) is 0 Å². The molecule has 0 unspecified atom stereocenters. The molecule has 8 rings (SSSR count). The Balaban J connectivity index is 1.05. The SMILES string of the molecule is CC(=O)N[C@H]1[C@H](O[C@@H]([C@H](O)[C@H](CO)NC(C)=O)[C@H](O)CO[C@@H]2O[C@@H](C)[C@@H](O)[C@@H](O)[C@@H]2O)O[C@H](CO)[C@@H](O[C@@H]2O[C@H](CO[C@H]3O[C@H](CO)[C@@H](O)[C@H](O)[C@@H]3O[C@@H]3O[C@H](CO)[C@@H](O[C@@H]4O[C@H](CO[C@]5(C(=O)O)C[C@H](O)[C@@H](NC(C)=O)[C@H]([C@H](O)[C@H](O)CO)O5)[C@H](O)[C@H](O)[C@H]4O)[C@H](O)[C@H]3NC(C)=O)[C@@H](O)[C@H](O[C@H]3O[C@H](CO)[C@@H](O)[C@H](O)[C@@H]3O)[C@@H]2O)[C@@H]1O. The van der Waals surface area contributed by atoms with E-state index in [1.54, 1.807) is 0 Å². The number of carbonyl (C=O) groups is 5. The fraction of sp³-hybridized carbons (Fsp3) is 0.923. The van der Waals surface area contributed by atoms with Crippen molar-refractivity contribution in [3.8, 4) is 0 Å². The minimum Gasteiger partial charge on any atom is -0.477 e. The van der Waals surface area contributed by atoms with Gasteiger partial charge < -0.3 is 235 Å². The fourth-order valence-electron chi connectivity index (χ4n) is 14.5. The molecule has 8 heterocycles. The van der Waals surface area contributed by atoms with Crippen LogP contribution in [-0.4, -0.2) is 502 Å². The predicted octanol–water partition coefficient (Wildman–Crippen LogP) is -20.2. The summed E-state index contributed by atoms with van der Waals surface area (Å²) in [6, 6.07) is -7.41. The minimum atomic E-state index is -3.07. The van der Waals surface area contributed by atoms with Crippen molar-refractivity contribution in [2.75, 3.05) is 59.5 Å². The van der Waals surface area contributed by atoms with Gasteiger partial charge in [0.2, 0.25) is 23.6 Å². The van der Waals surface area contributed by atoms with Gasteiger partial charge in [0, 0.05) is 34.1 Å². The van der Waals surface area contributed by atoms with Crippen molar-refractivity contribution in [3.05, 3.63) is 0 Å². The Bertz CT molecular complexity index is 3140. The van der Waals surface area contributed by atoms with E-state index in [-0.39, 0.29) is 0 Å². The molecule has 52 heteroatoms. The zero-order chi connectivity index (χ0) is 87.0. The van der Waals surface area contributed by atoms with Crippen molar-refractivity contribution >= 4 is 29.6 Å². The van der Waals surface area contributed by atoms with Gasteiger partial charge >= 0.3 is 5.97 Å². The standard InChI is InChI=1S/C65H110N4O48/c1-16-34(83)43(92)47(96)59(105-16)102-13-24(82)51(35(84)21(7-70)66-17(2)76)112-57-32(68-19(4)78)41(90)53(28(12-75)108-57)114-62-50(99)55(115-60-48(97)44(93)37(86)25(9-72)106-60)40(89)29(110-62)14-103-63-56(46(95)38(87)26(10-73)107-63)116-58-33(69-20(5)79)42(91)52(27(11-74)109-58)113-61-49(98)45(94)39(88)30(111-61)15-104-65(64(100)101)6-22(80)31(67-18(3)77)54(117-65)36(85)23(81)8-71/h16,21-63,70-75,80-99H,6-15H2,1-5H3,(H,66,76)(H,67,77)(H,68,78)(H,69,79)(H,100,101)/t16-,21-,22-,23+,24+,25+,26+,27+,28+,29+,30+,31+,32+,33+,34+,35+,36+,37+,38+,39-,40+,41+,42+,43+,44-,45-,46-,47-,48-,49+,50-,51+,52+,53+,54+,55-,56-,57-,58-,59+,60+,61-,62-,63-,65+/m0/s1. The molecule has 0 spiro atoms. The maximum atomic E-state index is 13.0. The van der Waals surface area contributed by atoms with Gasteiger partial charge in [-0.25, -0.2) is 4.79 Å². The van der Waals surface area contributed by atoms with Gasteiger partial charge in [0.05, 0.1) is 83.8 Å². The van der Waals surface area contributed by atoms with Crippen molar-refractivity contribution in [1.29, 1.82) is 0 Å². The lowest BCUT2D eigenvalue weighted by Crippen LogP contribution is -2.70. The molecule has 0 bridgehead atoms. The van der Waals surface area contributed by atoms with Crippen LogP contribution in [-0.2, 0) is 99.8 Å². The van der Waals surface area contributed by atoms with Gasteiger partial charge in [0.15, 0.2) is 44.0 Å². The van der Waals surface area contributed by atoms with Gasteiger partial charge in [0.1, 0.15) is 201 Å². The summed E-state index contributed by atoms with van der Waals surface area (Å²) in [5.41, 5.74) is 0. The van der Waals surface area contributed by atoms with Gasteiger partial charge in [-0.3, -0.25) is 19.2 Å². The molecule has 4 amide bonds. The Kier molecular flexibility index (Phi) is 35.9. The summed E-state index contributed by atoms with van der Waals surface area (Å²) in [7, 11) is 0. The summed E-state index contributed by atoms with van der Waals surface area (Å²) in [4.78, 5) is 63.4. The Hall–Kier alpha value is -4.33. The van der Waals surface area contributed by atoms with E-state index >= 15 is 0 Å². The van der Waals surface area contributed by atoms with E-state index in [9.17, 15) is 162 Å². The summed E-state index contributed by atoms with van der Waals surface area (Å²) >= 11 is 0. The van der Waals surface area contributed by atoms with Gasteiger partial charge in [-0.05, 0) is 6.92 Å². The van der Waals surface area contributed by atoms with Crippen LogP contribution in [0.5, 0.6) is 0 Å². The summed E-state index contributed by atoms with van der Waals surface area (Å²) in [6.45, 7) is -5.24. The van der Waals surface area contributed by atoms with Crippen molar-refractivity contribution < 1.29 is 238 Å². The lowest BCUT2D eigenvalue weighted by molar-refractivity contribution is -0.388. The number of aliphatic hydroxyl groups excluding tert-OH is 26. The largest absolute Gasteiger partial charge is 0.477 e. The van der Waals surface area contributed by atoms with Crippen LogP contribution in [0.1, 0.15) is 41.0 Å². The van der Waals surface area contributed by atoms with Crippen molar-refractivity contribution in [3.63, 3.8) is 0 Å². The molecule has 0 saturated carbocycles. The van der Waals surface area contributed by atoms with E-state index in [4.69, 9.17) is 75.8 Å². The normalized spacial score (nSPS) is 45.0. The maximum Gasteiger partial charge on any atom is 0.364 e. The quantitative estimate of drug-likeness (QED) is 0.0280. The first kappa shape index (κ1) is 98.1. The van der Waals surface area contributed by atoms with E-state index in [1.165, 1.54) is 6.92 Å². The van der Waals surface area contributed by atoms with E-state index in [1.807, 2.05) is 0 Å². The molecule has 0 aromatic heterocycles. The Morgan fingerprint density at radius 2 is 0.846 bits per heavy atom. The molecule has 52 nitrogen and oxygen atoms in total. The molecule has 0 aromatic carbocycles. The summed E-state index contributed by atoms with van der Waals surface area (Å²) in [5, 5.41) is 307. The second-order valence-electron chi connectivity index (χ2n) is 29.4. The number of hydrogen-bond acceptors (Lipinski definition) is 47. The van der Waals surface area contributed by atoms with E-state index in [0.29, 0.717) is 0 Å². The first-order chi connectivity index (χ1) is 55.0. The molecule has 8 fully saturated rings. The average molecular weight is 1720 g/mol. The lowest BCUT2D eigenvalue weighted by Gasteiger charge is -2.50. The highest BCUT2D eigenvalue weighted by Crippen LogP contribution is 2.40. The third-order valence-electron chi connectivity index (χ3n) is 20.9. The number of rotatable bonds is 35. The smallest absolute Gasteiger partial charge is 0.364 e. The lowest BCUT2D eigenvalue weighted by atomic mass is 9.88. The number of amides is 4. The molecule has 0 aliphatic carbocycles. The third-order valence-corrected chi connectivity index (χ3v) is 20.9. The predicted molar refractivity (Wildman–Crippen MR) is 361 cm³/mol. The van der Waals surface area contributed by atoms with Crippen molar-refractivity contribution in [1.82, 2.24) is 21.3 Å². The van der Waals surface area contributed by atoms with Crippen LogP contribution in [0.25, 0.3) is 0 Å². The average Bonchev–Trinajstić information content (AvgIpc) is 0.759. The zero-order valence-electron chi connectivity index (χ0n) is 63.1. The van der Waals surface area contributed by atoms with E-state index in [2.05, 4.69) is 21.3 Å². The van der Waals surface area contributed by atoms with Gasteiger partial charge in [-0.15, -0.1) is 0 Å². The van der Waals surface area contributed by atoms with Gasteiger partial charge in [-0.1, -0.05) is 0 Å². The topological polar surface area (TPSA) is 827 Å². The maximum absolute atomic E-state index is 13.0. The van der Waals surface area contributed by atoms with Crippen LogP contribution >= 0.6 is 0 Å². The van der Waals surface area contributed by atoms with Crippen LogP contribution in [0.3, 0.4) is 0 Å². The number of hydrogen-bond donors (Lipinski definition) is 31. The highest BCUT2D eigenvalue weighted by Gasteiger charge is 2.61. The first-order valence-corrected chi connectivity index (χ1v) is 37.0. The van der Waals surface area contributed by atoms with Crippen LogP contribution in [0.4, 0.5) is 0 Å².